The fourth-order valence-electron chi connectivity index (χ4n) is 1.29. The smallest absolute Gasteiger partial charge is 0.0589 e. The second-order valence-electron chi connectivity index (χ2n) is 4.77. The second kappa shape index (κ2) is 7.21. The highest BCUT2D eigenvalue weighted by Gasteiger charge is 2.14. The van der Waals surface area contributed by atoms with Crippen molar-refractivity contribution in [2.45, 2.75) is 26.7 Å². The molecule has 2 N–H and O–H groups in total. The first kappa shape index (κ1) is 13.9. The molecule has 0 aromatic carbocycles. The number of nitrogens with two attached hydrogens (primary N) is 1. The van der Waals surface area contributed by atoms with E-state index in [1.165, 1.54) is 12.8 Å². The highest BCUT2D eigenvalue weighted by molar-refractivity contribution is 4.69. The van der Waals surface area contributed by atoms with Crippen molar-refractivity contribution in [3.05, 3.63) is 0 Å². The highest BCUT2D eigenvalue weighted by atomic mass is 16.5. The van der Waals surface area contributed by atoms with Gasteiger partial charge in [0.2, 0.25) is 0 Å². The molecule has 0 heterocycles. The monoisotopic (exact) mass is 202 g/mol. The molecule has 3 heteroatoms. The van der Waals surface area contributed by atoms with Gasteiger partial charge < -0.3 is 15.4 Å². The van der Waals surface area contributed by atoms with E-state index in [2.05, 4.69) is 25.8 Å². The molecule has 0 fully saturated rings. The van der Waals surface area contributed by atoms with Gasteiger partial charge >= 0.3 is 0 Å². The van der Waals surface area contributed by atoms with Crippen molar-refractivity contribution in [3.63, 3.8) is 0 Å². The number of nitrogens with zero attached hydrogens (tertiary/aromatic N) is 1. The van der Waals surface area contributed by atoms with Crippen LogP contribution < -0.4 is 5.73 Å². The molecule has 0 unspecified atom stereocenters. The van der Waals surface area contributed by atoms with E-state index in [4.69, 9.17) is 10.5 Å². The fourth-order valence-corrected chi connectivity index (χ4v) is 1.29. The van der Waals surface area contributed by atoms with E-state index in [1.807, 2.05) is 0 Å². The lowest BCUT2D eigenvalue weighted by Gasteiger charge is -2.24. The van der Waals surface area contributed by atoms with E-state index in [1.54, 1.807) is 7.11 Å². The Hall–Kier alpha value is -0.120. The Morgan fingerprint density at radius 1 is 1.29 bits per heavy atom. The van der Waals surface area contributed by atoms with Gasteiger partial charge in [-0.15, -0.1) is 0 Å². The van der Waals surface area contributed by atoms with Gasteiger partial charge in [-0.25, -0.2) is 0 Å². The molecule has 86 valence electrons. The largest absolute Gasteiger partial charge is 0.383 e. The summed E-state index contributed by atoms with van der Waals surface area (Å²) in [5.41, 5.74) is 5.96. The minimum absolute atomic E-state index is 0.294. The molecule has 14 heavy (non-hydrogen) atoms. The lowest BCUT2D eigenvalue weighted by molar-refractivity contribution is 0.158. The minimum atomic E-state index is 0.294. The van der Waals surface area contributed by atoms with E-state index in [9.17, 15) is 0 Å². The van der Waals surface area contributed by atoms with E-state index in [0.29, 0.717) is 5.41 Å². The highest BCUT2D eigenvalue weighted by Crippen LogP contribution is 2.19. The number of ether oxygens (including phenoxy) is 1. The molecule has 3 nitrogen and oxygen atoms in total. The summed E-state index contributed by atoms with van der Waals surface area (Å²) in [6.07, 6.45) is 2.41. The Balaban J connectivity index is 3.43. The molecule has 0 aromatic heterocycles. The van der Waals surface area contributed by atoms with Gasteiger partial charge in [-0.2, -0.15) is 0 Å². The number of hydrogen-bond acceptors (Lipinski definition) is 3. The second-order valence-corrected chi connectivity index (χ2v) is 4.77. The first-order chi connectivity index (χ1) is 6.52. The van der Waals surface area contributed by atoms with Gasteiger partial charge in [-0.05, 0) is 38.4 Å². The number of rotatable bonds is 8. The summed E-state index contributed by atoms with van der Waals surface area (Å²) in [7, 11) is 3.87. The molecule has 0 rings (SSSR count). The topological polar surface area (TPSA) is 38.5 Å². The Bertz CT molecular complexity index is 137. The van der Waals surface area contributed by atoms with Crippen molar-refractivity contribution < 1.29 is 4.74 Å². The van der Waals surface area contributed by atoms with Gasteiger partial charge in [0, 0.05) is 13.7 Å². The van der Waals surface area contributed by atoms with E-state index >= 15 is 0 Å². The molecule has 0 aliphatic carbocycles. The SMILES string of the molecule is COCCN(C)CCCC(C)(C)CN. The molecule has 0 aromatic rings. The summed E-state index contributed by atoms with van der Waals surface area (Å²) in [4.78, 5) is 2.30. The molecule has 0 saturated carbocycles. The third-order valence-electron chi connectivity index (χ3n) is 2.62. The van der Waals surface area contributed by atoms with Crippen LogP contribution in [-0.4, -0.2) is 45.3 Å². The molecule has 0 aliphatic heterocycles. The molecule has 0 aliphatic rings. The van der Waals surface area contributed by atoms with Crippen LogP contribution in [0.4, 0.5) is 0 Å². The van der Waals surface area contributed by atoms with Crippen LogP contribution in [0.3, 0.4) is 0 Å². The summed E-state index contributed by atoms with van der Waals surface area (Å²) in [6, 6.07) is 0. The summed E-state index contributed by atoms with van der Waals surface area (Å²) < 4.78 is 5.02. The van der Waals surface area contributed by atoms with Crippen LogP contribution in [0.2, 0.25) is 0 Å². The minimum Gasteiger partial charge on any atom is -0.383 e. The molecule has 0 amide bonds. The van der Waals surface area contributed by atoms with Crippen molar-refractivity contribution in [1.82, 2.24) is 4.90 Å². The summed E-state index contributed by atoms with van der Waals surface area (Å²) in [5.74, 6) is 0. The van der Waals surface area contributed by atoms with Crippen LogP contribution >= 0.6 is 0 Å². The van der Waals surface area contributed by atoms with Gasteiger partial charge in [0.1, 0.15) is 0 Å². The van der Waals surface area contributed by atoms with Crippen molar-refractivity contribution in [2.75, 3.05) is 40.4 Å². The van der Waals surface area contributed by atoms with E-state index in [-0.39, 0.29) is 0 Å². The predicted molar refractivity (Wildman–Crippen MR) is 61.4 cm³/mol. The van der Waals surface area contributed by atoms with Gasteiger partial charge in [0.05, 0.1) is 6.61 Å². The summed E-state index contributed by atoms with van der Waals surface area (Å²) in [5, 5.41) is 0. The maximum atomic E-state index is 5.67. The van der Waals surface area contributed by atoms with Crippen molar-refractivity contribution in [3.8, 4) is 0 Å². The molecule has 0 radical (unpaired) electrons. The number of likely N-dealkylation sites (N-methyl/N-ethyl adjacent to an activating group) is 1. The van der Waals surface area contributed by atoms with Crippen LogP contribution in [0.5, 0.6) is 0 Å². The number of methoxy groups -OCH3 is 1. The van der Waals surface area contributed by atoms with Gasteiger partial charge in [-0.3, -0.25) is 0 Å². The van der Waals surface area contributed by atoms with Crippen molar-refractivity contribution >= 4 is 0 Å². The molecule has 0 bridgehead atoms. The van der Waals surface area contributed by atoms with Gasteiger partial charge in [0.25, 0.3) is 0 Å². The molecular formula is C11H26N2O. The third kappa shape index (κ3) is 7.30. The molecule has 0 saturated heterocycles. The lowest BCUT2D eigenvalue weighted by atomic mass is 9.88. The standard InChI is InChI=1S/C11H26N2O/c1-11(2,10-12)6-5-7-13(3)8-9-14-4/h5-10,12H2,1-4H3. The van der Waals surface area contributed by atoms with Gasteiger partial charge in [0.15, 0.2) is 0 Å². The quantitative estimate of drug-likeness (QED) is 0.645. The summed E-state index contributed by atoms with van der Waals surface area (Å²) >= 11 is 0. The van der Waals surface area contributed by atoms with Crippen LogP contribution in [0.25, 0.3) is 0 Å². The van der Waals surface area contributed by atoms with Crippen LogP contribution in [0, 0.1) is 5.41 Å². The molecule has 0 atom stereocenters. The first-order valence-corrected chi connectivity index (χ1v) is 5.39. The lowest BCUT2D eigenvalue weighted by Crippen LogP contribution is -2.27. The van der Waals surface area contributed by atoms with E-state index < -0.39 is 0 Å². The molecular weight excluding hydrogens is 176 g/mol. The normalized spacial score (nSPS) is 12.4. The average Bonchev–Trinajstić information content (AvgIpc) is 2.14. The zero-order valence-corrected chi connectivity index (χ0v) is 10.2. The molecule has 0 spiro atoms. The third-order valence-corrected chi connectivity index (χ3v) is 2.62. The Morgan fingerprint density at radius 3 is 2.43 bits per heavy atom. The van der Waals surface area contributed by atoms with Crippen LogP contribution in [-0.2, 0) is 4.74 Å². The Kier molecular flexibility index (Phi) is 7.15. The van der Waals surface area contributed by atoms with Crippen molar-refractivity contribution in [1.29, 1.82) is 0 Å². The van der Waals surface area contributed by atoms with Gasteiger partial charge in [-0.1, -0.05) is 13.8 Å². The average molecular weight is 202 g/mol. The zero-order chi connectivity index (χ0) is 11.0. The predicted octanol–water partition coefficient (Wildman–Crippen LogP) is 1.33. The Morgan fingerprint density at radius 2 is 1.93 bits per heavy atom. The van der Waals surface area contributed by atoms with Crippen molar-refractivity contribution in [2.24, 2.45) is 11.1 Å². The summed E-state index contributed by atoms with van der Waals surface area (Å²) in [6.45, 7) is 8.18. The maximum Gasteiger partial charge on any atom is 0.0589 e. The zero-order valence-electron chi connectivity index (χ0n) is 10.2. The maximum absolute atomic E-state index is 5.67. The van der Waals surface area contributed by atoms with Crippen LogP contribution in [0.15, 0.2) is 0 Å². The van der Waals surface area contributed by atoms with E-state index in [0.717, 1.165) is 26.2 Å². The Labute approximate surface area is 88.6 Å². The number of hydrogen-bond donors (Lipinski definition) is 1. The van der Waals surface area contributed by atoms with Crippen LogP contribution in [0.1, 0.15) is 26.7 Å². The first-order valence-electron chi connectivity index (χ1n) is 5.39. The fraction of sp³-hybridized carbons (Fsp3) is 1.00.